The molecule has 3 rings (SSSR count). The van der Waals surface area contributed by atoms with Crippen LogP contribution >= 0.6 is 27.3 Å². The second-order valence-corrected chi connectivity index (χ2v) is 7.12. The third-order valence-corrected chi connectivity index (χ3v) is 5.01. The van der Waals surface area contributed by atoms with Gasteiger partial charge in [-0.05, 0) is 34.7 Å². The SMILES string of the molecule is O=C(Cc1ccc(Br)cc1)NC(c1ccccc1)c1cccs1. The third kappa shape index (κ3) is 4.30. The van der Waals surface area contributed by atoms with E-state index in [1.807, 2.05) is 66.0 Å². The lowest BCUT2D eigenvalue weighted by molar-refractivity contribution is -0.120. The van der Waals surface area contributed by atoms with E-state index in [1.165, 1.54) is 0 Å². The Bertz CT molecular complexity index is 754. The van der Waals surface area contributed by atoms with Gasteiger partial charge in [-0.2, -0.15) is 0 Å². The molecule has 1 atom stereocenters. The number of benzene rings is 2. The van der Waals surface area contributed by atoms with Gasteiger partial charge in [0.1, 0.15) is 0 Å². The first-order chi connectivity index (χ1) is 11.2. The van der Waals surface area contributed by atoms with Gasteiger partial charge in [0.15, 0.2) is 0 Å². The van der Waals surface area contributed by atoms with Gasteiger partial charge in [-0.15, -0.1) is 11.3 Å². The van der Waals surface area contributed by atoms with E-state index in [-0.39, 0.29) is 11.9 Å². The van der Waals surface area contributed by atoms with Crippen LogP contribution in [0.4, 0.5) is 0 Å². The van der Waals surface area contributed by atoms with Crippen LogP contribution in [0.3, 0.4) is 0 Å². The Morgan fingerprint density at radius 1 is 1.00 bits per heavy atom. The summed E-state index contributed by atoms with van der Waals surface area (Å²) in [6.45, 7) is 0. The highest BCUT2D eigenvalue weighted by Gasteiger charge is 2.17. The molecule has 0 spiro atoms. The molecule has 0 fully saturated rings. The normalized spacial score (nSPS) is 11.9. The van der Waals surface area contributed by atoms with Gasteiger partial charge in [-0.25, -0.2) is 0 Å². The topological polar surface area (TPSA) is 29.1 Å². The summed E-state index contributed by atoms with van der Waals surface area (Å²) in [7, 11) is 0. The van der Waals surface area contributed by atoms with Crippen LogP contribution in [0.1, 0.15) is 22.0 Å². The lowest BCUT2D eigenvalue weighted by Crippen LogP contribution is -2.30. The Morgan fingerprint density at radius 3 is 2.39 bits per heavy atom. The first kappa shape index (κ1) is 16.0. The van der Waals surface area contributed by atoms with E-state index >= 15 is 0 Å². The summed E-state index contributed by atoms with van der Waals surface area (Å²) in [5, 5.41) is 5.19. The van der Waals surface area contributed by atoms with Crippen LogP contribution in [0.15, 0.2) is 76.6 Å². The molecule has 0 aliphatic rings. The quantitative estimate of drug-likeness (QED) is 0.660. The zero-order valence-electron chi connectivity index (χ0n) is 12.4. The average molecular weight is 386 g/mol. The molecule has 3 aromatic rings. The second kappa shape index (κ2) is 7.57. The van der Waals surface area contributed by atoms with Crippen molar-refractivity contribution in [2.75, 3.05) is 0 Å². The molecule has 0 radical (unpaired) electrons. The van der Waals surface area contributed by atoms with Crippen molar-refractivity contribution in [3.05, 3.63) is 92.6 Å². The number of thiophene rings is 1. The highest BCUT2D eigenvalue weighted by atomic mass is 79.9. The first-order valence-corrected chi connectivity index (χ1v) is 9.02. The van der Waals surface area contributed by atoms with Crippen molar-refractivity contribution in [3.63, 3.8) is 0 Å². The highest BCUT2D eigenvalue weighted by molar-refractivity contribution is 9.10. The molecule has 1 N–H and O–H groups in total. The van der Waals surface area contributed by atoms with Crippen LogP contribution in [0, 0.1) is 0 Å². The Balaban J connectivity index is 1.76. The van der Waals surface area contributed by atoms with Gasteiger partial charge in [0.05, 0.1) is 12.5 Å². The molecule has 1 amide bonds. The minimum atomic E-state index is -0.0980. The molecule has 4 heteroatoms. The van der Waals surface area contributed by atoms with E-state index in [0.717, 1.165) is 20.5 Å². The van der Waals surface area contributed by atoms with Gasteiger partial charge < -0.3 is 5.32 Å². The fraction of sp³-hybridized carbons (Fsp3) is 0.105. The molecule has 0 aliphatic heterocycles. The van der Waals surface area contributed by atoms with E-state index in [4.69, 9.17) is 0 Å². The van der Waals surface area contributed by atoms with Crippen molar-refractivity contribution >= 4 is 33.2 Å². The monoisotopic (exact) mass is 385 g/mol. The van der Waals surface area contributed by atoms with Crippen molar-refractivity contribution in [1.82, 2.24) is 5.32 Å². The van der Waals surface area contributed by atoms with Gasteiger partial charge in [0.2, 0.25) is 5.91 Å². The molecule has 1 aromatic heterocycles. The molecule has 23 heavy (non-hydrogen) atoms. The highest BCUT2D eigenvalue weighted by Crippen LogP contribution is 2.26. The Labute approximate surface area is 148 Å². The minimum absolute atomic E-state index is 0.0228. The molecule has 0 saturated carbocycles. The predicted molar refractivity (Wildman–Crippen MR) is 98.6 cm³/mol. The number of hydrogen-bond donors (Lipinski definition) is 1. The summed E-state index contributed by atoms with van der Waals surface area (Å²) >= 11 is 5.06. The lowest BCUT2D eigenvalue weighted by Gasteiger charge is -2.18. The number of nitrogens with one attached hydrogen (secondary N) is 1. The smallest absolute Gasteiger partial charge is 0.225 e. The molecule has 0 bridgehead atoms. The van der Waals surface area contributed by atoms with Crippen LogP contribution in [-0.4, -0.2) is 5.91 Å². The Hall–Kier alpha value is -1.91. The number of amides is 1. The van der Waals surface area contributed by atoms with Crippen molar-refractivity contribution in [3.8, 4) is 0 Å². The van der Waals surface area contributed by atoms with Gasteiger partial charge in [-0.1, -0.05) is 64.5 Å². The fourth-order valence-corrected chi connectivity index (χ4v) is 3.49. The van der Waals surface area contributed by atoms with Crippen molar-refractivity contribution in [1.29, 1.82) is 0 Å². The number of carbonyl (C=O) groups is 1. The summed E-state index contributed by atoms with van der Waals surface area (Å²) in [6.07, 6.45) is 0.377. The van der Waals surface area contributed by atoms with E-state index < -0.39 is 0 Å². The van der Waals surface area contributed by atoms with Crippen LogP contribution in [0.2, 0.25) is 0 Å². The standard InChI is InChI=1S/C19H16BrNOS/c20-16-10-8-14(9-11-16)13-18(22)21-19(17-7-4-12-23-17)15-5-2-1-3-6-15/h1-12,19H,13H2,(H,21,22). The van der Waals surface area contributed by atoms with Gasteiger partial charge in [0, 0.05) is 9.35 Å². The minimum Gasteiger partial charge on any atom is -0.344 e. The van der Waals surface area contributed by atoms with E-state index in [2.05, 4.69) is 27.3 Å². The van der Waals surface area contributed by atoms with Crippen molar-refractivity contribution < 1.29 is 4.79 Å². The molecule has 116 valence electrons. The Morgan fingerprint density at radius 2 is 1.74 bits per heavy atom. The number of hydrogen-bond acceptors (Lipinski definition) is 2. The maximum absolute atomic E-state index is 12.5. The second-order valence-electron chi connectivity index (χ2n) is 5.23. The summed E-state index contributed by atoms with van der Waals surface area (Å²) in [4.78, 5) is 13.6. The van der Waals surface area contributed by atoms with Crippen LogP contribution in [-0.2, 0) is 11.2 Å². The predicted octanol–water partition coefficient (Wildman–Crippen LogP) is 4.96. The molecular weight excluding hydrogens is 370 g/mol. The van der Waals surface area contributed by atoms with Crippen molar-refractivity contribution in [2.24, 2.45) is 0 Å². The van der Waals surface area contributed by atoms with E-state index in [1.54, 1.807) is 11.3 Å². The van der Waals surface area contributed by atoms with Crippen molar-refractivity contribution in [2.45, 2.75) is 12.5 Å². The van der Waals surface area contributed by atoms with Crippen LogP contribution in [0.5, 0.6) is 0 Å². The molecule has 0 aliphatic carbocycles. The molecule has 1 heterocycles. The summed E-state index contributed by atoms with van der Waals surface area (Å²) in [5.41, 5.74) is 2.10. The maximum Gasteiger partial charge on any atom is 0.225 e. The molecule has 2 aromatic carbocycles. The maximum atomic E-state index is 12.5. The van der Waals surface area contributed by atoms with Gasteiger partial charge in [0.25, 0.3) is 0 Å². The van der Waals surface area contributed by atoms with Crippen LogP contribution in [0.25, 0.3) is 0 Å². The third-order valence-electron chi connectivity index (χ3n) is 3.54. The fourth-order valence-electron chi connectivity index (χ4n) is 2.42. The van der Waals surface area contributed by atoms with E-state index in [0.29, 0.717) is 6.42 Å². The molecule has 1 unspecified atom stereocenters. The zero-order chi connectivity index (χ0) is 16.1. The van der Waals surface area contributed by atoms with Gasteiger partial charge in [-0.3, -0.25) is 4.79 Å². The van der Waals surface area contributed by atoms with Crippen LogP contribution < -0.4 is 5.32 Å². The zero-order valence-corrected chi connectivity index (χ0v) is 14.8. The average Bonchev–Trinajstić information content (AvgIpc) is 3.10. The summed E-state index contributed by atoms with van der Waals surface area (Å²) < 4.78 is 1.02. The van der Waals surface area contributed by atoms with Gasteiger partial charge >= 0.3 is 0 Å². The first-order valence-electron chi connectivity index (χ1n) is 7.34. The molecular formula is C19H16BrNOS. The number of rotatable bonds is 5. The Kier molecular flexibility index (Phi) is 5.26. The number of halogens is 1. The van der Waals surface area contributed by atoms with E-state index in [9.17, 15) is 4.79 Å². The summed E-state index contributed by atoms with van der Waals surface area (Å²) in [6, 6.07) is 21.9. The largest absolute Gasteiger partial charge is 0.344 e. The summed E-state index contributed by atoms with van der Waals surface area (Å²) in [5.74, 6) is 0.0228. The molecule has 2 nitrogen and oxygen atoms in total. The number of carbonyl (C=O) groups excluding carboxylic acids is 1. The molecule has 0 saturated heterocycles. The lowest BCUT2D eigenvalue weighted by atomic mass is 10.0.